The zero-order valence-corrected chi connectivity index (χ0v) is 7.25. The lowest BCUT2D eigenvalue weighted by atomic mass is 9.90. The normalized spacial score (nSPS) is 26.2. The Morgan fingerprint density at radius 2 is 2.27 bits per heavy atom. The summed E-state index contributed by atoms with van der Waals surface area (Å²) in [6, 6.07) is 0. The van der Waals surface area contributed by atoms with Crippen LogP contribution in [0.3, 0.4) is 0 Å². The fraction of sp³-hybridized carbons (Fsp3) is 1.00. The monoisotopic (exact) mass is 158 g/mol. The van der Waals surface area contributed by atoms with Crippen molar-refractivity contribution in [2.45, 2.75) is 38.7 Å². The van der Waals surface area contributed by atoms with Crippen LogP contribution in [0, 0.1) is 5.92 Å². The molecule has 0 bridgehead atoms. The van der Waals surface area contributed by atoms with Crippen molar-refractivity contribution in [1.29, 1.82) is 0 Å². The van der Waals surface area contributed by atoms with E-state index < -0.39 is 0 Å². The average Bonchev–Trinajstić information content (AvgIpc) is 1.85. The Kier molecular flexibility index (Phi) is 3.87. The standard InChI is InChI=1S/C9H18O2/c1-2-3-8(4-6-10)9-5-7-11-9/h8-10H,2-7H2,1H3. The molecular weight excluding hydrogens is 140 g/mol. The van der Waals surface area contributed by atoms with Crippen LogP contribution < -0.4 is 0 Å². The first-order chi connectivity index (χ1) is 5.38. The van der Waals surface area contributed by atoms with Crippen LogP contribution in [0.1, 0.15) is 32.6 Å². The molecule has 1 N–H and O–H groups in total. The number of aliphatic hydroxyl groups is 1. The molecule has 2 heteroatoms. The van der Waals surface area contributed by atoms with Crippen LogP contribution in [0.4, 0.5) is 0 Å². The lowest BCUT2D eigenvalue weighted by Crippen LogP contribution is -2.34. The van der Waals surface area contributed by atoms with E-state index in [9.17, 15) is 0 Å². The highest BCUT2D eigenvalue weighted by molar-refractivity contribution is 4.75. The predicted octanol–water partition coefficient (Wildman–Crippen LogP) is 1.57. The van der Waals surface area contributed by atoms with E-state index in [2.05, 4.69) is 6.92 Å². The summed E-state index contributed by atoms with van der Waals surface area (Å²) in [5.41, 5.74) is 0. The maximum Gasteiger partial charge on any atom is 0.0626 e. The second-order valence-corrected chi connectivity index (χ2v) is 3.26. The molecule has 1 saturated heterocycles. The highest BCUT2D eigenvalue weighted by atomic mass is 16.5. The van der Waals surface area contributed by atoms with Gasteiger partial charge in [-0.1, -0.05) is 13.3 Å². The zero-order chi connectivity index (χ0) is 8.10. The van der Waals surface area contributed by atoms with Gasteiger partial charge in [0, 0.05) is 13.2 Å². The van der Waals surface area contributed by atoms with E-state index in [0.717, 1.165) is 13.0 Å². The Labute approximate surface area is 68.6 Å². The summed E-state index contributed by atoms with van der Waals surface area (Å²) >= 11 is 0. The van der Waals surface area contributed by atoms with Crippen molar-refractivity contribution in [3.8, 4) is 0 Å². The largest absolute Gasteiger partial charge is 0.396 e. The topological polar surface area (TPSA) is 29.5 Å². The SMILES string of the molecule is CCCC(CCO)C1CCO1. The number of rotatable bonds is 5. The van der Waals surface area contributed by atoms with Crippen LogP contribution in [0.2, 0.25) is 0 Å². The molecule has 1 heterocycles. The maximum absolute atomic E-state index is 8.78. The van der Waals surface area contributed by atoms with Gasteiger partial charge in [0.15, 0.2) is 0 Å². The van der Waals surface area contributed by atoms with Crippen LogP contribution in [-0.4, -0.2) is 24.4 Å². The van der Waals surface area contributed by atoms with E-state index in [1.54, 1.807) is 0 Å². The Morgan fingerprint density at radius 1 is 1.55 bits per heavy atom. The predicted molar refractivity (Wildman–Crippen MR) is 44.5 cm³/mol. The van der Waals surface area contributed by atoms with E-state index in [0.29, 0.717) is 18.6 Å². The van der Waals surface area contributed by atoms with E-state index in [1.165, 1.54) is 19.3 Å². The maximum atomic E-state index is 8.78. The third-order valence-electron chi connectivity index (χ3n) is 2.42. The fourth-order valence-electron chi connectivity index (χ4n) is 1.68. The summed E-state index contributed by atoms with van der Waals surface area (Å²) in [6.45, 7) is 3.42. The van der Waals surface area contributed by atoms with Crippen molar-refractivity contribution in [3.63, 3.8) is 0 Å². The Bertz CT molecular complexity index is 93.7. The first kappa shape index (κ1) is 9.01. The van der Waals surface area contributed by atoms with Crippen LogP contribution >= 0.6 is 0 Å². The van der Waals surface area contributed by atoms with Crippen LogP contribution in [0.25, 0.3) is 0 Å². The molecule has 1 aliphatic rings. The molecule has 0 spiro atoms. The summed E-state index contributed by atoms with van der Waals surface area (Å²) in [6.07, 6.45) is 4.97. The fourth-order valence-corrected chi connectivity index (χ4v) is 1.68. The molecule has 2 nitrogen and oxygen atoms in total. The van der Waals surface area contributed by atoms with E-state index in [4.69, 9.17) is 9.84 Å². The molecule has 66 valence electrons. The van der Waals surface area contributed by atoms with Gasteiger partial charge in [0.1, 0.15) is 0 Å². The molecule has 0 aromatic carbocycles. The molecule has 11 heavy (non-hydrogen) atoms. The Morgan fingerprint density at radius 3 is 2.64 bits per heavy atom. The van der Waals surface area contributed by atoms with Crippen molar-refractivity contribution in [1.82, 2.24) is 0 Å². The summed E-state index contributed by atoms with van der Waals surface area (Å²) in [5.74, 6) is 0.610. The molecule has 0 aromatic heterocycles. The molecule has 2 atom stereocenters. The second kappa shape index (κ2) is 4.73. The van der Waals surface area contributed by atoms with Crippen molar-refractivity contribution in [2.24, 2.45) is 5.92 Å². The molecular formula is C9H18O2. The lowest BCUT2D eigenvalue weighted by molar-refractivity contribution is -0.0906. The van der Waals surface area contributed by atoms with Crippen molar-refractivity contribution >= 4 is 0 Å². The molecule has 0 aromatic rings. The van der Waals surface area contributed by atoms with Crippen molar-refractivity contribution in [2.75, 3.05) is 13.2 Å². The molecule has 0 radical (unpaired) electrons. The highest BCUT2D eigenvalue weighted by Crippen LogP contribution is 2.26. The minimum absolute atomic E-state index is 0.310. The average molecular weight is 158 g/mol. The molecule has 1 aliphatic heterocycles. The lowest BCUT2D eigenvalue weighted by Gasteiger charge is -2.33. The van der Waals surface area contributed by atoms with Gasteiger partial charge in [0.2, 0.25) is 0 Å². The van der Waals surface area contributed by atoms with Crippen molar-refractivity contribution < 1.29 is 9.84 Å². The summed E-state index contributed by atoms with van der Waals surface area (Å²) in [5, 5.41) is 8.78. The quantitative estimate of drug-likeness (QED) is 0.658. The van der Waals surface area contributed by atoms with Gasteiger partial charge in [0.05, 0.1) is 6.10 Å². The summed E-state index contributed by atoms with van der Waals surface area (Å²) in [7, 11) is 0. The smallest absolute Gasteiger partial charge is 0.0626 e. The molecule has 0 saturated carbocycles. The van der Waals surface area contributed by atoms with Gasteiger partial charge < -0.3 is 9.84 Å². The zero-order valence-electron chi connectivity index (χ0n) is 7.25. The minimum Gasteiger partial charge on any atom is -0.396 e. The van der Waals surface area contributed by atoms with E-state index in [1.807, 2.05) is 0 Å². The van der Waals surface area contributed by atoms with Crippen molar-refractivity contribution in [3.05, 3.63) is 0 Å². The van der Waals surface area contributed by atoms with Crippen LogP contribution in [-0.2, 0) is 4.74 Å². The highest BCUT2D eigenvalue weighted by Gasteiger charge is 2.26. The number of hydrogen-bond donors (Lipinski definition) is 1. The Hall–Kier alpha value is -0.0800. The van der Waals surface area contributed by atoms with Gasteiger partial charge >= 0.3 is 0 Å². The number of ether oxygens (including phenoxy) is 1. The minimum atomic E-state index is 0.310. The third kappa shape index (κ3) is 2.46. The number of aliphatic hydroxyl groups excluding tert-OH is 1. The van der Waals surface area contributed by atoms with Gasteiger partial charge in [0.25, 0.3) is 0 Å². The molecule has 2 unspecified atom stereocenters. The Balaban J connectivity index is 2.19. The van der Waals surface area contributed by atoms with Crippen LogP contribution in [0.5, 0.6) is 0 Å². The molecule has 1 fully saturated rings. The summed E-state index contributed by atoms with van der Waals surface area (Å²) in [4.78, 5) is 0. The van der Waals surface area contributed by atoms with E-state index in [-0.39, 0.29) is 0 Å². The molecule has 0 amide bonds. The van der Waals surface area contributed by atoms with Gasteiger partial charge in [-0.25, -0.2) is 0 Å². The van der Waals surface area contributed by atoms with Gasteiger partial charge in [-0.15, -0.1) is 0 Å². The van der Waals surface area contributed by atoms with Gasteiger partial charge in [-0.05, 0) is 25.2 Å². The van der Waals surface area contributed by atoms with Gasteiger partial charge in [-0.2, -0.15) is 0 Å². The summed E-state index contributed by atoms with van der Waals surface area (Å²) < 4.78 is 5.39. The van der Waals surface area contributed by atoms with E-state index >= 15 is 0 Å². The third-order valence-corrected chi connectivity index (χ3v) is 2.42. The van der Waals surface area contributed by atoms with Gasteiger partial charge in [-0.3, -0.25) is 0 Å². The molecule has 1 rings (SSSR count). The second-order valence-electron chi connectivity index (χ2n) is 3.26. The first-order valence-corrected chi connectivity index (χ1v) is 4.61. The molecule has 0 aliphatic carbocycles. The van der Waals surface area contributed by atoms with Crippen LogP contribution in [0.15, 0.2) is 0 Å². The first-order valence-electron chi connectivity index (χ1n) is 4.61. The number of hydrogen-bond acceptors (Lipinski definition) is 2.